The Kier molecular flexibility index (Phi) is 7.80. The van der Waals surface area contributed by atoms with Gasteiger partial charge in [-0.15, -0.1) is 22.7 Å². The predicted molar refractivity (Wildman–Crippen MR) is 122 cm³/mol. The van der Waals surface area contributed by atoms with Gasteiger partial charge < -0.3 is 20.1 Å². The van der Waals surface area contributed by atoms with Crippen molar-refractivity contribution >= 4 is 46.1 Å². The number of esters is 1. The van der Waals surface area contributed by atoms with Crippen LogP contribution in [0.4, 0.5) is 5.69 Å². The monoisotopic (exact) mass is 458 g/mol. The smallest absolute Gasteiger partial charge is 0.350 e. The highest BCUT2D eigenvalue weighted by molar-refractivity contribution is 7.18. The van der Waals surface area contributed by atoms with Crippen molar-refractivity contribution in [3.63, 3.8) is 0 Å². The maximum absolute atomic E-state index is 12.4. The third kappa shape index (κ3) is 5.93. The van der Waals surface area contributed by atoms with Crippen molar-refractivity contribution < 1.29 is 23.9 Å². The molecular formula is C22H22N2O5S2. The van der Waals surface area contributed by atoms with Crippen molar-refractivity contribution in [2.75, 3.05) is 25.6 Å². The molecule has 0 saturated carbocycles. The molecule has 1 aromatic carbocycles. The summed E-state index contributed by atoms with van der Waals surface area (Å²) in [7, 11) is 1.59. The van der Waals surface area contributed by atoms with Gasteiger partial charge in [-0.25, -0.2) is 4.79 Å². The van der Waals surface area contributed by atoms with Crippen LogP contribution in [0.1, 0.15) is 32.7 Å². The van der Waals surface area contributed by atoms with Gasteiger partial charge in [-0.05, 0) is 54.3 Å². The molecule has 0 saturated heterocycles. The van der Waals surface area contributed by atoms with Gasteiger partial charge in [-0.2, -0.15) is 0 Å². The molecule has 2 heterocycles. The molecule has 0 aliphatic carbocycles. The Hall–Kier alpha value is -3.17. The van der Waals surface area contributed by atoms with Crippen LogP contribution >= 0.6 is 22.7 Å². The number of anilines is 1. The van der Waals surface area contributed by atoms with Crippen LogP contribution in [-0.2, 0) is 9.53 Å². The summed E-state index contributed by atoms with van der Waals surface area (Å²) in [6, 6.07) is 12.7. The van der Waals surface area contributed by atoms with E-state index in [1.807, 2.05) is 29.6 Å². The number of hydrogen-bond donors (Lipinski definition) is 2. The quantitative estimate of drug-likeness (QED) is 0.463. The summed E-state index contributed by atoms with van der Waals surface area (Å²) in [6.07, 6.45) is 0.0765. The number of rotatable bonds is 9. The SMILES string of the molecule is CCOC(=O)c1sc(-c2ccc(OC)cc2)cc1NC(=O)CCNC(=O)c1cccs1. The lowest BCUT2D eigenvalue weighted by molar-refractivity contribution is -0.116. The number of carbonyl (C=O) groups excluding carboxylic acids is 3. The first-order chi connectivity index (χ1) is 15.0. The maximum Gasteiger partial charge on any atom is 0.350 e. The number of benzene rings is 1. The van der Waals surface area contributed by atoms with E-state index < -0.39 is 5.97 Å². The highest BCUT2D eigenvalue weighted by atomic mass is 32.1. The van der Waals surface area contributed by atoms with Gasteiger partial charge in [0.1, 0.15) is 10.6 Å². The summed E-state index contributed by atoms with van der Waals surface area (Å²) >= 11 is 2.58. The third-order valence-electron chi connectivity index (χ3n) is 4.22. The summed E-state index contributed by atoms with van der Waals surface area (Å²) in [5.41, 5.74) is 1.28. The van der Waals surface area contributed by atoms with E-state index in [2.05, 4.69) is 10.6 Å². The summed E-state index contributed by atoms with van der Waals surface area (Å²) < 4.78 is 10.3. The first-order valence-electron chi connectivity index (χ1n) is 9.58. The first-order valence-corrected chi connectivity index (χ1v) is 11.3. The zero-order valence-electron chi connectivity index (χ0n) is 17.1. The van der Waals surface area contributed by atoms with E-state index in [9.17, 15) is 14.4 Å². The molecule has 0 unspecified atom stereocenters. The van der Waals surface area contributed by atoms with Crippen LogP contribution in [0.25, 0.3) is 10.4 Å². The largest absolute Gasteiger partial charge is 0.497 e. The first kappa shape index (κ1) is 22.5. The molecule has 3 aromatic rings. The van der Waals surface area contributed by atoms with Crippen molar-refractivity contribution in [1.29, 1.82) is 0 Å². The normalized spacial score (nSPS) is 10.4. The molecule has 0 radical (unpaired) electrons. The Labute approximate surface area is 188 Å². The fraction of sp³-hybridized carbons (Fsp3) is 0.227. The zero-order valence-corrected chi connectivity index (χ0v) is 18.7. The summed E-state index contributed by atoms with van der Waals surface area (Å²) in [5.74, 6) is -0.291. The number of carbonyl (C=O) groups is 3. The number of ether oxygens (including phenoxy) is 2. The fourth-order valence-electron chi connectivity index (χ4n) is 2.73. The molecule has 9 heteroatoms. The Morgan fingerprint density at radius 3 is 2.52 bits per heavy atom. The van der Waals surface area contributed by atoms with E-state index in [-0.39, 0.29) is 31.4 Å². The van der Waals surface area contributed by atoms with Crippen molar-refractivity contribution in [3.05, 3.63) is 57.6 Å². The van der Waals surface area contributed by atoms with Crippen LogP contribution in [0, 0.1) is 0 Å². The second-order valence-corrected chi connectivity index (χ2v) is 8.33. The van der Waals surface area contributed by atoms with Crippen molar-refractivity contribution in [1.82, 2.24) is 5.32 Å². The number of thiophene rings is 2. The molecule has 162 valence electrons. The van der Waals surface area contributed by atoms with E-state index in [0.717, 1.165) is 16.2 Å². The molecule has 2 aromatic heterocycles. The maximum atomic E-state index is 12.4. The minimum Gasteiger partial charge on any atom is -0.497 e. The van der Waals surface area contributed by atoms with Crippen LogP contribution in [0.15, 0.2) is 47.8 Å². The molecule has 3 rings (SSSR count). The number of hydrogen-bond acceptors (Lipinski definition) is 7. The lowest BCUT2D eigenvalue weighted by atomic mass is 10.2. The molecule has 0 atom stereocenters. The van der Waals surface area contributed by atoms with Crippen LogP contribution in [0.3, 0.4) is 0 Å². The molecule has 2 amide bonds. The molecule has 0 fully saturated rings. The average molecular weight is 459 g/mol. The minimum atomic E-state index is -0.492. The van der Waals surface area contributed by atoms with Gasteiger partial charge in [0.2, 0.25) is 5.91 Å². The van der Waals surface area contributed by atoms with E-state index in [1.54, 1.807) is 32.2 Å². The van der Waals surface area contributed by atoms with Crippen LogP contribution in [-0.4, -0.2) is 38.0 Å². The standard InChI is InChI=1S/C22H22N2O5S2/c1-3-29-22(27)20-16(13-18(31-20)14-6-8-15(28-2)9-7-14)24-19(25)10-11-23-21(26)17-5-4-12-30-17/h4-9,12-13H,3,10-11H2,1-2H3,(H,23,26)(H,24,25). The highest BCUT2D eigenvalue weighted by Crippen LogP contribution is 2.36. The topological polar surface area (TPSA) is 93.7 Å². The Balaban J connectivity index is 1.69. The lowest BCUT2D eigenvalue weighted by Crippen LogP contribution is -2.27. The van der Waals surface area contributed by atoms with Gasteiger partial charge in [0.25, 0.3) is 5.91 Å². The van der Waals surface area contributed by atoms with Crippen molar-refractivity contribution in [2.45, 2.75) is 13.3 Å². The van der Waals surface area contributed by atoms with Gasteiger partial charge >= 0.3 is 5.97 Å². The van der Waals surface area contributed by atoms with Gasteiger partial charge in [-0.1, -0.05) is 6.07 Å². The zero-order chi connectivity index (χ0) is 22.2. The molecule has 31 heavy (non-hydrogen) atoms. The highest BCUT2D eigenvalue weighted by Gasteiger charge is 2.20. The van der Waals surface area contributed by atoms with Gasteiger partial charge in [-0.3, -0.25) is 9.59 Å². The lowest BCUT2D eigenvalue weighted by Gasteiger charge is -2.07. The van der Waals surface area contributed by atoms with Gasteiger partial charge in [0, 0.05) is 17.8 Å². The second-order valence-electron chi connectivity index (χ2n) is 6.33. The van der Waals surface area contributed by atoms with Crippen molar-refractivity contribution in [3.8, 4) is 16.2 Å². The number of amides is 2. The third-order valence-corrected chi connectivity index (χ3v) is 6.26. The molecule has 0 spiro atoms. The van der Waals surface area contributed by atoms with Gasteiger partial charge in [0.05, 0.1) is 24.3 Å². The van der Waals surface area contributed by atoms with Crippen LogP contribution < -0.4 is 15.4 Å². The molecular weight excluding hydrogens is 436 g/mol. The summed E-state index contributed by atoms with van der Waals surface area (Å²) in [6.45, 7) is 2.15. The van der Waals surface area contributed by atoms with E-state index in [4.69, 9.17) is 9.47 Å². The van der Waals surface area contributed by atoms with Crippen LogP contribution in [0.5, 0.6) is 5.75 Å². The number of methoxy groups -OCH3 is 1. The van der Waals surface area contributed by atoms with Gasteiger partial charge in [0.15, 0.2) is 0 Å². The van der Waals surface area contributed by atoms with E-state index >= 15 is 0 Å². The predicted octanol–water partition coefficient (Wildman–Crippen LogP) is 4.42. The van der Waals surface area contributed by atoms with Crippen LogP contribution in [0.2, 0.25) is 0 Å². The number of nitrogens with one attached hydrogen (secondary N) is 2. The van der Waals surface area contributed by atoms with Crippen molar-refractivity contribution in [2.24, 2.45) is 0 Å². The summed E-state index contributed by atoms with van der Waals surface area (Å²) in [4.78, 5) is 38.5. The molecule has 0 aliphatic heterocycles. The fourth-order valence-corrected chi connectivity index (χ4v) is 4.38. The summed E-state index contributed by atoms with van der Waals surface area (Å²) in [5, 5.41) is 7.29. The minimum absolute atomic E-state index is 0.0765. The molecule has 2 N–H and O–H groups in total. The Morgan fingerprint density at radius 2 is 1.87 bits per heavy atom. The van der Waals surface area contributed by atoms with E-state index in [0.29, 0.717) is 15.4 Å². The molecule has 0 aliphatic rings. The Bertz CT molecular complexity index is 1040. The second kappa shape index (κ2) is 10.7. The average Bonchev–Trinajstić information content (AvgIpc) is 3.44. The molecule has 7 nitrogen and oxygen atoms in total. The Morgan fingerprint density at radius 1 is 1.10 bits per heavy atom. The molecule has 0 bridgehead atoms. The van der Waals surface area contributed by atoms with E-state index in [1.165, 1.54) is 22.7 Å².